The van der Waals surface area contributed by atoms with Crippen LogP contribution in [-0.2, 0) is 9.59 Å². The summed E-state index contributed by atoms with van der Waals surface area (Å²) in [5.41, 5.74) is 6.98. The Balaban J connectivity index is 0.00000288. The highest BCUT2D eigenvalue weighted by Gasteiger charge is 2.28. The number of nitrogens with one attached hydrogen (secondary N) is 1. The van der Waals surface area contributed by atoms with E-state index in [1.807, 2.05) is 6.92 Å². The Kier molecular flexibility index (Phi) is 7.85. The van der Waals surface area contributed by atoms with Crippen LogP contribution in [0.1, 0.15) is 32.6 Å². The number of nitrogens with zero attached hydrogens (tertiary/aromatic N) is 1. The van der Waals surface area contributed by atoms with Crippen molar-refractivity contribution in [3.05, 3.63) is 18.2 Å². The first-order chi connectivity index (χ1) is 11.0. The third-order valence-corrected chi connectivity index (χ3v) is 4.11. The Morgan fingerprint density at radius 3 is 2.79 bits per heavy atom. The molecular weight excluding hydrogens is 330 g/mol. The van der Waals surface area contributed by atoms with Crippen LogP contribution in [0.15, 0.2) is 18.2 Å². The molecule has 24 heavy (non-hydrogen) atoms. The lowest BCUT2D eigenvalue weighted by Gasteiger charge is -2.32. The predicted octanol–water partition coefficient (Wildman–Crippen LogP) is 2.68. The highest BCUT2D eigenvalue weighted by atomic mass is 35.5. The summed E-state index contributed by atoms with van der Waals surface area (Å²) >= 11 is 0. The maximum absolute atomic E-state index is 12.4. The van der Waals surface area contributed by atoms with E-state index < -0.39 is 0 Å². The lowest BCUT2D eigenvalue weighted by molar-refractivity contribution is -0.134. The molecule has 1 aromatic rings. The zero-order chi connectivity index (χ0) is 16.8. The van der Waals surface area contributed by atoms with Crippen molar-refractivity contribution in [1.29, 1.82) is 0 Å². The number of methoxy groups -OCH3 is 1. The minimum absolute atomic E-state index is 0. The fourth-order valence-corrected chi connectivity index (χ4v) is 2.85. The Bertz CT molecular complexity index is 580. The van der Waals surface area contributed by atoms with Gasteiger partial charge >= 0.3 is 0 Å². The van der Waals surface area contributed by atoms with Gasteiger partial charge in [-0.1, -0.05) is 6.92 Å². The number of carbonyl (C=O) groups is 2. The van der Waals surface area contributed by atoms with E-state index in [0.717, 1.165) is 25.8 Å². The number of benzene rings is 1. The zero-order valence-electron chi connectivity index (χ0n) is 14.2. The van der Waals surface area contributed by atoms with Crippen molar-refractivity contribution in [1.82, 2.24) is 4.90 Å². The summed E-state index contributed by atoms with van der Waals surface area (Å²) in [5, 5.41) is 2.88. The third-order valence-electron chi connectivity index (χ3n) is 4.11. The first kappa shape index (κ1) is 20.1. The van der Waals surface area contributed by atoms with Gasteiger partial charge in [-0.2, -0.15) is 0 Å². The van der Waals surface area contributed by atoms with E-state index in [2.05, 4.69) is 5.32 Å². The fraction of sp³-hybridized carbons (Fsp3) is 0.529. The summed E-state index contributed by atoms with van der Waals surface area (Å²) in [6.07, 6.45) is 3.03. The first-order valence-electron chi connectivity index (χ1n) is 8.07. The highest BCUT2D eigenvalue weighted by molar-refractivity contribution is 5.93. The lowest BCUT2D eigenvalue weighted by atomic mass is 9.96. The molecule has 0 bridgehead atoms. The number of hydrogen-bond donors (Lipinski definition) is 2. The van der Waals surface area contributed by atoms with Crippen molar-refractivity contribution in [3.8, 4) is 5.75 Å². The number of ether oxygens (including phenoxy) is 1. The molecule has 0 saturated carbocycles. The maximum atomic E-state index is 12.4. The predicted molar refractivity (Wildman–Crippen MR) is 97.5 cm³/mol. The lowest BCUT2D eigenvalue weighted by Crippen LogP contribution is -2.43. The van der Waals surface area contributed by atoms with Crippen LogP contribution in [0.3, 0.4) is 0 Å². The summed E-state index contributed by atoms with van der Waals surface area (Å²) < 4.78 is 5.10. The summed E-state index contributed by atoms with van der Waals surface area (Å²) in [4.78, 5) is 26.2. The molecule has 1 atom stereocenters. The minimum atomic E-state index is -0.173. The van der Waals surface area contributed by atoms with Crippen LogP contribution in [0.4, 0.5) is 11.4 Å². The molecule has 1 aliphatic rings. The number of piperidine rings is 1. The number of likely N-dealkylation sites (tertiary alicyclic amines) is 1. The van der Waals surface area contributed by atoms with Gasteiger partial charge in [0.1, 0.15) is 5.75 Å². The molecule has 0 radical (unpaired) electrons. The van der Waals surface area contributed by atoms with Gasteiger partial charge in [-0.3, -0.25) is 9.59 Å². The molecule has 6 nitrogen and oxygen atoms in total. The van der Waals surface area contributed by atoms with E-state index in [1.165, 1.54) is 0 Å². The van der Waals surface area contributed by atoms with Crippen molar-refractivity contribution in [2.24, 2.45) is 5.92 Å². The number of halogens is 1. The van der Waals surface area contributed by atoms with E-state index >= 15 is 0 Å². The summed E-state index contributed by atoms with van der Waals surface area (Å²) in [6, 6.07) is 5.17. The number of rotatable bonds is 5. The number of carbonyl (C=O) groups excluding carboxylic acids is 2. The van der Waals surface area contributed by atoms with Gasteiger partial charge in [-0.25, -0.2) is 0 Å². The van der Waals surface area contributed by atoms with E-state index in [9.17, 15) is 9.59 Å². The number of nitrogens with two attached hydrogens (primary N) is 1. The SMILES string of the molecule is CCCC(=O)N1CCCC(C(=O)Nc2ccc(OC)c(N)c2)C1.Cl. The second kappa shape index (κ2) is 9.37. The van der Waals surface area contributed by atoms with Crippen LogP contribution < -0.4 is 15.8 Å². The van der Waals surface area contributed by atoms with Gasteiger partial charge in [-0.15, -0.1) is 12.4 Å². The van der Waals surface area contributed by atoms with Gasteiger partial charge in [0.15, 0.2) is 0 Å². The fourth-order valence-electron chi connectivity index (χ4n) is 2.85. The van der Waals surface area contributed by atoms with Crippen LogP contribution >= 0.6 is 12.4 Å². The molecule has 134 valence electrons. The van der Waals surface area contributed by atoms with Gasteiger partial charge in [0.25, 0.3) is 0 Å². The minimum Gasteiger partial charge on any atom is -0.495 e. The molecule has 0 aromatic heterocycles. The van der Waals surface area contributed by atoms with Crippen molar-refractivity contribution in [2.75, 3.05) is 31.2 Å². The van der Waals surface area contributed by atoms with Gasteiger partial charge in [0.2, 0.25) is 11.8 Å². The molecule has 1 fully saturated rings. The molecule has 1 saturated heterocycles. The average molecular weight is 356 g/mol. The number of hydrogen-bond acceptors (Lipinski definition) is 4. The smallest absolute Gasteiger partial charge is 0.229 e. The molecule has 7 heteroatoms. The molecule has 1 heterocycles. The van der Waals surface area contributed by atoms with Crippen molar-refractivity contribution in [2.45, 2.75) is 32.6 Å². The molecule has 2 rings (SSSR count). The van der Waals surface area contributed by atoms with Crippen LogP contribution in [0, 0.1) is 5.92 Å². The zero-order valence-corrected chi connectivity index (χ0v) is 15.0. The Labute approximate surface area is 149 Å². The van der Waals surface area contributed by atoms with Gasteiger partial charge in [-0.05, 0) is 37.5 Å². The standard InChI is InChI=1S/C17H25N3O3.ClH/c1-3-5-16(21)20-9-4-6-12(11-20)17(22)19-13-7-8-15(23-2)14(18)10-13;/h7-8,10,12H,3-6,9,11,18H2,1-2H3,(H,19,22);1H. The summed E-state index contributed by atoms with van der Waals surface area (Å²) in [7, 11) is 1.55. The van der Waals surface area contributed by atoms with E-state index in [0.29, 0.717) is 30.1 Å². The molecule has 0 aliphatic carbocycles. The van der Waals surface area contributed by atoms with Gasteiger partial charge in [0, 0.05) is 25.2 Å². The maximum Gasteiger partial charge on any atom is 0.229 e. The third kappa shape index (κ3) is 5.03. The molecule has 2 amide bonds. The molecule has 1 aromatic carbocycles. The number of anilines is 2. The first-order valence-corrected chi connectivity index (χ1v) is 8.07. The normalized spacial score (nSPS) is 16.9. The molecule has 3 N–H and O–H groups in total. The molecule has 1 aliphatic heterocycles. The van der Waals surface area contributed by atoms with Gasteiger partial charge in [0.05, 0.1) is 18.7 Å². The van der Waals surface area contributed by atoms with Crippen LogP contribution in [0.5, 0.6) is 5.75 Å². The van der Waals surface area contributed by atoms with E-state index in [1.54, 1.807) is 30.2 Å². The second-order valence-corrected chi connectivity index (χ2v) is 5.87. The van der Waals surface area contributed by atoms with Crippen LogP contribution in [0.2, 0.25) is 0 Å². The van der Waals surface area contributed by atoms with E-state index in [-0.39, 0.29) is 30.1 Å². The quantitative estimate of drug-likeness (QED) is 0.795. The highest BCUT2D eigenvalue weighted by Crippen LogP contribution is 2.26. The van der Waals surface area contributed by atoms with Gasteiger partial charge < -0.3 is 20.7 Å². The Hall–Kier alpha value is -1.95. The Morgan fingerprint density at radius 2 is 2.17 bits per heavy atom. The molecular formula is C17H26ClN3O3. The van der Waals surface area contributed by atoms with E-state index in [4.69, 9.17) is 10.5 Å². The second-order valence-electron chi connectivity index (χ2n) is 5.87. The average Bonchev–Trinajstić information content (AvgIpc) is 2.55. The number of nitrogen functional groups attached to an aromatic ring is 1. The monoisotopic (exact) mass is 355 g/mol. The summed E-state index contributed by atoms with van der Waals surface area (Å²) in [6.45, 7) is 3.23. The molecule has 1 unspecified atom stereocenters. The van der Waals surface area contributed by atoms with Crippen molar-refractivity contribution in [3.63, 3.8) is 0 Å². The van der Waals surface area contributed by atoms with Crippen LogP contribution in [-0.4, -0.2) is 36.9 Å². The van der Waals surface area contributed by atoms with Crippen molar-refractivity contribution >= 4 is 35.6 Å². The van der Waals surface area contributed by atoms with Crippen LogP contribution in [0.25, 0.3) is 0 Å². The molecule has 0 spiro atoms. The summed E-state index contributed by atoms with van der Waals surface area (Å²) in [5.74, 6) is 0.479. The number of amides is 2. The topological polar surface area (TPSA) is 84.7 Å². The van der Waals surface area contributed by atoms with Crippen molar-refractivity contribution < 1.29 is 14.3 Å². The Morgan fingerprint density at radius 1 is 1.42 bits per heavy atom. The largest absolute Gasteiger partial charge is 0.495 e.